The van der Waals surface area contributed by atoms with Gasteiger partial charge in [-0.2, -0.15) is 0 Å². The van der Waals surface area contributed by atoms with Crippen LogP contribution < -0.4 is 5.32 Å². The third-order valence-electron chi connectivity index (χ3n) is 1.66. The van der Waals surface area contributed by atoms with Crippen LogP contribution in [0.2, 0.25) is 15.1 Å². The van der Waals surface area contributed by atoms with E-state index >= 15 is 0 Å². The summed E-state index contributed by atoms with van der Waals surface area (Å²) in [7, 11) is 1.29. The number of anilines is 1. The van der Waals surface area contributed by atoms with Gasteiger partial charge in [-0.1, -0.05) is 34.8 Å². The van der Waals surface area contributed by atoms with Gasteiger partial charge in [-0.15, -0.1) is 0 Å². The summed E-state index contributed by atoms with van der Waals surface area (Å²) in [6.07, 6.45) is 2.59. The fourth-order valence-corrected chi connectivity index (χ4v) is 1.87. The molecular formula is C10H8Cl3NO2. The van der Waals surface area contributed by atoms with Crippen LogP contribution in [0.5, 0.6) is 0 Å². The first kappa shape index (κ1) is 13.2. The molecule has 6 heteroatoms. The molecule has 1 rings (SSSR count). The van der Waals surface area contributed by atoms with Gasteiger partial charge in [0.05, 0.1) is 22.8 Å². The normalized spacial score (nSPS) is 10.5. The lowest BCUT2D eigenvalue weighted by atomic mass is 10.3. The predicted octanol–water partition coefficient (Wildman–Crippen LogP) is 3.75. The number of hydrogen-bond donors (Lipinski definition) is 1. The molecule has 0 heterocycles. The lowest BCUT2D eigenvalue weighted by Crippen LogP contribution is -1.97. The standard InChI is InChI=1S/C10H8Cl3NO2/c1-16-9(15)2-3-14-10-7(12)4-6(11)5-8(10)13/h2-5,14H,1H3/b3-2+. The van der Waals surface area contributed by atoms with Crippen molar-refractivity contribution in [3.63, 3.8) is 0 Å². The average Bonchev–Trinajstić information content (AvgIpc) is 2.21. The molecule has 0 aliphatic rings. The number of nitrogens with one attached hydrogen (secondary N) is 1. The Morgan fingerprint density at radius 2 is 1.88 bits per heavy atom. The van der Waals surface area contributed by atoms with E-state index in [0.29, 0.717) is 20.8 Å². The molecule has 3 nitrogen and oxygen atoms in total. The highest BCUT2D eigenvalue weighted by atomic mass is 35.5. The molecule has 0 fully saturated rings. The van der Waals surface area contributed by atoms with Crippen molar-refractivity contribution in [2.24, 2.45) is 0 Å². The summed E-state index contributed by atoms with van der Waals surface area (Å²) in [6.45, 7) is 0. The Morgan fingerprint density at radius 1 is 1.31 bits per heavy atom. The van der Waals surface area contributed by atoms with Gasteiger partial charge in [-0.05, 0) is 12.1 Å². The van der Waals surface area contributed by atoms with Crippen molar-refractivity contribution in [1.82, 2.24) is 0 Å². The molecule has 0 saturated heterocycles. The van der Waals surface area contributed by atoms with Gasteiger partial charge < -0.3 is 10.1 Å². The van der Waals surface area contributed by atoms with Gasteiger partial charge in [0.1, 0.15) is 0 Å². The van der Waals surface area contributed by atoms with Gasteiger partial charge in [0.15, 0.2) is 0 Å². The molecule has 0 amide bonds. The molecule has 0 atom stereocenters. The molecule has 0 unspecified atom stereocenters. The summed E-state index contributed by atoms with van der Waals surface area (Å²) < 4.78 is 4.41. The lowest BCUT2D eigenvalue weighted by Gasteiger charge is -2.06. The number of hydrogen-bond acceptors (Lipinski definition) is 3. The summed E-state index contributed by atoms with van der Waals surface area (Å²) in [5.74, 6) is -0.478. The monoisotopic (exact) mass is 279 g/mol. The molecule has 0 bridgehead atoms. The van der Waals surface area contributed by atoms with Crippen LogP contribution in [0.4, 0.5) is 5.69 Å². The molecule has 86 valence electrons. The maximum atomic E-state index is 10.8. The number of halogens is 3. The Bertz CT molecular complexity index is 409. The van der Waals surface area contributed by atoms with Gasteiger partial charge in [-0.3, -0.25) is 0 Å². The van der Waals surface area contributed by atoms with Crippen LogP contribution in [0.15, 0.2) is 24.4 Å². The first-order chi connectivity index (χ1) is 7.54. The fourth-order valence-electron chi connectivity index (χ4n) is 0.941. The van der Waals surface area contributed by atoms with E-state index < -0.39 is 5.97 Å². The Labute approximate surface area is 108 Å². The molecule has 0 saturated carbocycles. The highest BCUT2D eigenvalue weighted by molar-refractivity contribution is 6.41. The van der Waals surface area contributed by atoms with Crippen LogP contribution >= 0.6 is 34.8 Å². The van der Waals surface area contributed by atoms with Gasteiger partial charge in [0.2, 0.25) is 0 Å². The topological polar surface area (TPSA) is 38.3 Å². The van der Waals surface area contributed by atoms with Crippen molar-refractivity contribution in [2.45, 2.75) is 0 Å². The zero-order chi connectivity index (χ0) is 12.1. The van der Waals surface area contributed by atoms with Gasteiger partial charge in [0, 0.05) is 17.3 Å². The van der Waals surface area contributed by atoms with Crippen molar-refractivity contribution in [1.29, 1.82) is 0 Å². The number of esters is 1. The van der Waals surface area contributed by atoms with Crippen LogP contribution in [0.1, 0.15) is 0 Å². The predicted molar refractivity (Wildman–Crippen MR) is 66.3 cm³/mol. The van der Waals surface area contributed by atoms with Gasteiger partial charge in [0.25, 0.3) is 0 Å². The Morgan fingerprint density at radius 3 is 2.38 bits per heavy atom. The third-order valence-corrected chi connectivity index (χ3v) is 2.47. The second-order valence-corrected chi connectivity index (χ2v) is 4.00. The quantitative estimate of drug-likeness (QED) is 0.677. The van der Waals surface area contributed by atoms with Crippen molar-refractivity contribution in [2.75, 3.05) is 12.4 Å². The number of carbonyl (C=O) groups is 1. The smallest absolute Gasteiger partial charge is 0.331 e. The maximum Gasteiger partial charge on any atom is 0.331 e. The number of rotatable bonds is 3. The first-order valence-electron chi connectivity index (χ1n) is 4.20. The first-order valence-corrected chi connectivity index (χ1v) is 5.33. The lowest BCUT2D eigenvalue weighted by molar-refractivity contribution is -0.134. The van der Waals surface area contributed by atoms with Crippen LogP contribution in [0.3, 0.4) is 0 Å². The molecule has 0 spiro atoms. The summed E-state index contributed by atoms with van der Waals surface area (Å²) in [6, 6.07) is 3.09. The van der Waals surface area contributed by atoms with Crippen LogP contribution in [0.25, 0.3) is 0 Å². The summed E-state index contributed by atoms with van der Waals surface area (Å²) >= 11 is 17.5. The van der Waals surface area contributed by atoms with E-state index in [4.69, 9.17) is 34.8 Å². The summed E-state index contributed by atoms with van der Waals surface area (Å²) in [4.78, 5) is 10.8. The van der Waals surface area contributed by atoms with Crippen molar-refractivity contribution < 1.29 is 9.53 Å². The highest BCUT2D eigenvalue weighted by Crippen LogP contribution is 2.33. The van der Waals surface area contributed by atoms with Gasteiger partial charge in [-0.25, -0.2) is 4.79 Å². The molecule has 0 aliphatic carbocycles. The number of methoxy groups -OCH3 is 1. The minimum Gasteiger partial charge on any atom is -0.466 e. The van der Waals surface area contributed by atoms with E-state index in [-0.39, 0.29) is 0 Å². The molecule has 0 aromatic heterocycles. The van der Waals surface area contributed by atoms with E-state index in [2.05, 4.69) is 10.1 Å². The second kappa shape index (κ2) is 5.99. The molecule has 16 heavy (non-hydrogen) atoms. The van der Waals surface area contributed by atoms with E-state index in [1.165, 1.54) is 19.4 Å². The molecule has 0 radical (unpaired) electrons. The van der Waals surface area contributed by atoms with Crippen LogP contribution in [-0.4, -0.2) is 13.1 Å². The summed E-state index contributed by atoms with van der Waals surface area (Å²) in [5.41, 5.74) is 0.480. The Balaban J connectivity index is 2.82. The van der Waals surface area contributed by atoms with Crippen molar-refractivity contribution in [3.8, 4) is 0 Å². The molecule has 1 N–H and O–H groups in total. The average molecular weight is 281 g/mol. The number of carbonyl (C=O) groups excluding carboxylic acids is 1. The largest absolute Gasteiger partial charge is 0.466 e. The van der Waals surface area contributed by atoms with Crippen LogP contribution in [0, 0.1) is 0 Å². The molecule has 0 aliphatic heterocycles. The Kier molecular flexibility index (Phi) is 4.93. The fraction of sp³-hybridized carbons (Fsp3) is 0.100. The zero-order valence-electron chi connectivity index (χ0n) is 8.26. The summed E-state index contributed by atoms with van der Waals surface area (Å²) in [5, 5.41) is 3.95. The number of ether oxygens (including phenoxy) is 1. The van der Waals surface area contributed by atoms with E-state index in [1.54, 1.807) is 12.1 Å². The van der Waals surface area contributed by atoms with E-state index in [1.807, 2.05) is 0 Å². The van der Waals surface area contributed by atoms with E-state index in [0.717, 1.165) is 0 Å². The number of benzene rings is 1. The minimum atomic E-state index is -0.478. The molecule has 1 aromatic carbocycles. The van der Waals surface area contributed by atoms with Crippen LogP contribution in [-0.2, 0) is 9.53 Å². The molecule has 1 aromatic rings. The Hall–Kier alpha value is -0.900. The maximum absolute atomic E-state index is 10.8. The highest BCUT2D eigenvalue weighted by Gasteiger charge is 2.05. The van der Waals surface area contributed by atoms with Crippen molar-refractivity contribution in [3.05, 3.63) is 39.5 Å². The minimum absolute atomic E-state index is 0.368. The van der Waals surface area contributed by atoms with Gasteiger partial charge >= 0.3 is 5.97 Å². The SMILES string of the molecule is COC(=O)/C=C/Nc1c(Cl)cc(Cl)cc1Cl. The second-order valence-electron chi connectivity index (χ2n) is 2.75. The third kappa shape index (κ3) is 3.59. The molecular weight excluding hydrogens is 272 g/mol. The van der Waals surface area contributed by atoms with E-state index in [9.17, 15) is 4.79 Å². The van der Waals surface area contributed by atoms with Crippen molar-refractivity contribution >= 4 is 46.5 Å². The zero-order valence-corrected chi connectivity index (χ0v) is 10.5.